The van der Waals surface area contributed by atoms with Crippen molar-refractivity contribution >= 4 is 17.1 Å². The number of anilines is 2. The zero-order valence-corrected chi connectivity index (χ0v) is 11.8. The number of nitro benzene ring substituents is 1. The maximum atomic E-state index is 10.7. The number of nitrogens with two attached hydrogens (primary N) is 1. The van der Waals surface area contributed by atoms with Crippen LogP contribution in [0.1, 0.15) is 26.2 Å². The molecule has 1 aliphatic rings. The highest BCUT2D eigenvalue weighted by atomic mass is 16.6. The lowest BCUT2D eigenvalue weighted by Crippen LogP contribution is -2.38. The number of hydrogen-bond acceptors (Lipinski definition) is 5. The topological polar surface area (TPSA) is 84.4 Å². The molecule has 0 aliphatic carbocycles. The van der Waals surface area contributed by atoms with E-state index in [-0.39, 0.29) is 11.7 Å². The first-order valence-corrected chi connectivity index (χ1v) is 7.09. The van der Waals surface area contributed by atoms with Gasteiger partial charge in [0, 0.05) is 24.7 Å². The summed E-state index contributed by atoms with van der Waals surface area (Å²) >= 11 is 0. The van der Waals surface area contributed by atoms with E-state index in [0.717, 1.165) is 25.3 Å². The Hall–Kier alpha value is -1.82. The number of rotatable bonds is 5. The molecule has 0 saturated carbocycles. The third-order valence-corrected chi connectivity index (χ3v) is 3.63. The van der Waals surface area contributed by atoms with Crippen LogP contribution in [-0.4, -0.2) is 35.5 Å². The van der Waals surface area contributed by atoms with Crippen LogP contribution in [0.25, 0.3) is 0 Å². The summed E-state index contributed by atoms with van der Waals surface area (Å²) < 4.78 is 0. The molecule has 3 N–H and O–H groups in total. The highest BCUT2D eigenvalue weighted by Crippen LogP contribution is 2.24. The monoisotopic (exact) mass is 278 g/mol. The van der Waals surface area contributed by atoms with Gasteiger partial charge in [0.15, 0.2) is 0 Å². The molecule has 1 fully saturated rings. The SMILES string of the molecule is CC(CN1CCCCC1)Nc1ccc([N+](=O)[O-])cc1N. The van der Waals surface area contributed by atoms with E-state index in [4.69, 9.17) is 5.73 Å². The number of nitrogens with one attached hydrogen (secondary N) is 1. The molecule has 0 spiro atoms. The lowest BCUT2D eigenvalue weighted by atomic mass is 10.1. The smallest absolute Gasteiger partial charge is 0.271 e. The van der Waals surface area contributed by atoms with Gasteiger partial charge in [-0.25, -0.2) is 0 Å². The van der Waals surface area contributed by atoms with Crippen molar-refractivity contribution in [2.24, 2.45) is 0 Å². The summed E-state index contributed by atoms with van der Waals surface area (Å²) in [6.07, 6.45) is 3.87. The Balaban J connectivity index is 1.93. The van der Waals surface area contributed by atoms with Crippen molar-refractivity contribution in [2.75, 3.05) is 30.7 Å². The number of benzene rings is 1. The van der Waals surface area contributed by atoms with Gasteiger partial charge in [-0.2, -0.15) is 0 Å². The van der Waals surface area contributed by atoms with Crippen LogP contribution in [0.5, 0.6) is 0 Å². The molecule has 6 nitrogen and oxygen atoms in total. The highest BCUT2D eigenvalue weighted by molar-refractivity contribution is 5.69. The highest BCUT2D eigenvalue weighted by Gasteiger charge is 2.15. The van der Waals surface area contributed by atoms with Gasteiger partial charge in [0.2, 0.25) is 0 Å². The summed E-state index contributed by atoms with van der Waals surface area (Å²) in [6, 6.07) is 4.82. The van der Waals surface area contributed by atoms with Crippen LogP contribution in [0.4, 0.5) is 17.1 Å². The molecule has 0 amide bonds. The van der Waals surface area contributed by atoms with Crippen LogP contribution >= 0.6 is 0 Å². The Morgan fingerprint density at radius 3 is 2.70 bits per heavy atom. The zero-order valence-electron chi connectivity index (χ0n) is 11.8. The largest absolute Gasteiger partial charge is 0.397 e. The minimum absolute atomic E-state index is 0.0248. The number of hydrogen-bond donors (Lipinski definition) is 2. The van der Waals surface area contributed by atoms with Crippen molar-refractivity contribution < 1.29 is 4.92 Å². The molecule has 1 aromatic carbocycles. The summed E-state index contributed by atoms with van der Waals surface area (Å²) in [6.45, 7) is 5.38. The van der Waals surface area contributed by atoms with Crippen molar-refractivity contribution in [3.05, 3.63) is 28.3 Å². The average molecular weight is 278 g/mol. The van der Waals surface area contributed by atoms with E-state index in [1.807, 2.05) is 0 Å². The Morgan fingerprint density at radius 1 is 1.40 bits per heavy atom. The maximum Gasteiger partial charge on any atom is 0.271 e. The summed E-state index contributed by atoms with van der Waals surface area (Å²) in [5.41, 5.74) is 7.07. The average Bonchev–Trinajstić information content (AvgIpc) is 2.42. The Bertz CT molecular complexity index is 472. The Kier molecular flexibility index (Phi) is 4.79. The van der Waals surface area contributed by atoms with E-state index < -0.39 is 4.92 Å². The molecule has 0 radical (unpaired) electrons. The molecule has 6 heteroatoms. The molecular formula is C14H22N4O2. The van der Waals surface area contributed by atoms with Gasteiger partial charge < -0.3 is 16.0 Å². The fourth-order valence-electron chi connectivity index (χ4n) is 2.64. The van der Waals surface area contributed by atoms with Gasteiger partial charge in [0.05, 0.1) is 16.3 Å². The molecule has 20 heavy (non-hydrogen) atoms. The molecular weight excluding hydrogens is 256 g/mol. The second kappa shape index (κ2) is 6.56. The first-order valence-electron chi connectivity index (χ1n) is 7.09. The molecule has 1 saturated heterocycles. The minimum atomic E-state index is -0.433. The molecule has 2 rings (SSSR count). The van der Waals surface area contributed by atoms with Crippen molar-refractivity contribution in [1.82, 2.24) is 4.90 Å². The third-order valence-electron chi connectivity index (χ3n) is 3.63. The number of nitro groups is 1. The Morgan fingerprint density at radius 2 is 2.10 bits per heavy atom. The zero-order chi connectivity index (χ0) is 14.5. The van der Waals surface area contributed by atoms with Crippen LogP contribution in [0.15, 0.2) is 18.2 Å². The summed E-state index contributed by atoms with van der Waals surface area (Å²) in [7, 11) is 0. The van der Waals surface area contributed by atoms with Crippen LogP contribution in [0.3, 0.4) is 0 Å². The normalized spacial score (nSPS) is 17.6. The van der Waals surface area contributed by atoms with Gasteiger partial charge in [-0.15, -0.1) is 0 Å². The second-order valence-corrected chi connectivity index (χ2v) is 5.44. The second-order valence-electron chi connectivity index (χ2n) is 5.44. The summed E-state index contributed by atoms with van der Waals surface area (Å²) in [5, 5.41) is 14.0. The lowest BCUT2D eigenvalue weighted by Gasteiger charge is -2.29. The molecule has 0 aromatic heterocycles. The number of nitrogens with zero attached hydrogens (tertiary/aromatic N) is 2. The lowest BCUT2D eigenvalue weighted by molar-refractivity contribution is -0.384. The number of likely N-dealkylation sites (tertiary alicyclic amines) is 1. The minimum Gasteiger partial charge on any atom is -0.397 e. The van der Waals surface area contributed by atoms with Crippen LogP contribution in [0, 0.1) is 10.1 Å². The number of piperidine rings is 1. The molecule has 1 heterocycles. The van der Waals surface area contributed by atoms with E-state index in [9.17, 15) is 10.1 Å². The quantitative estimate of drug-likeness (QED) is 0.491. The van der Waals surface area contributed by atoms with E-state index in [0.29, 0.717) is 5.69 Å². The van der Waals surface area contributed by atoms with Crippen LogP contribution in [0.2, 0.25) is 0 Å². The number of nitrogen functional groups attached to an aromatic ring is 1. The van der Waals surface area contributed by atoms with Gasteiger partial charge in [-0.05, 0) is 38.9 Å². The van der Waals surface area contributed by atoms with Gasteiger partial charge in [-0.1, -0.05) is 6.42 Å². The first-order chi connectivity index (χ1) is 9.56. The van der Waals surface area contributed by atoms with E-state index >= 15 is 0 Å². The predicted octanol–water partition coefficient (Wildman–Crippen LogP) is 2.46. The molecule has 1 unspecified atom stereocenters. The predicted molar refractivity (Wildman–Crippen MR) is 80.9 cm³/mol. The molecule has 1 atom stereocenters. The van der Waals surface area contributed by atoms with E-state index in [1.54, 1.807) is 6.07 Å². The van der Waals surface area contributed by atoms with E-state index in [2.05, 4.69) is 17.1 Å². The van der Waals surface area contributed by atoms with Crippen molar-refractivity contribution in [1.29, 1.82) is 0 Å². The third kappa shape index (κ3) is 3.84. The van der Waals surface area contributed by atoms with Gasteiger partial charge in [-0.3, -0.25) is 10.1 Å². The van der Waals surface area contributed by atoms with Crippen molar-refractivity contribution in [2.45, 2.75) is 32.2 Å². The summed E-state index contributed by atoms with van der Waals surface area (Å²) in [4.78, 5) is 12.7. The fourth-order valence-corrected chi connectivity index (χ4v) is 2.64. The molecule has 110 valence electrons. The van der Waals surface area contributed by atoms with Gasteiger partial charge in [0.1, 0.15) is 0 Å². The van der Waals surface area contributed by atoms with Crippen molar-refractivity contribution in [3.63, 3.8) is 0 Å². The van der Waals surface area contributed by atoms with Crippen LogP contribution in [-0.2, 0) is 0 Å². The van der Waals surface area contributed by atoms with Gasteiger partial charge in [0.25, 0.3) is 5.69 Å². The maximum absolute atomic E-state index is 10.7. The van der Waals surface area contributed by atoms with Gasteiger partial charge >= 0.3 is 0 Å². The Labute approximate surface area is 119 Å². The molecule has 1 aromatic rings. The number of non-ortho nitro benzene ring substituents is 1. The van der Waals surface area contributed by atoms with Crippen molar-refractivity contribution in [3.8, 4) is 0 Å². The molecule has 1 aliphatic heterocycles. The fraction of sp³-hybridized carbons (Fsp3) is 0.571. The summed E-state index contributed by atoms with van der Waals surface area (Å²) in [5.74, 6) is 0. The van der Waals surface area contributed by atoms with E-state index in [1.165, 1.54) is 31.4 Å². The standard InChI is InChI=1S/C14H22N4O2/c1-11(10-17-7-3-2-4-8-17)16-14-6-5-12(18(19)20)9-13(14)15/h5-6,9,11,16H,2-4,7-8,10,15H2,1H3. The first kappa shape index (κ1) is 14.6. The molecule has 0 bridgehead atoms. The van der Waals surface area contributed by atoms with Crippen LogP contribution < -0.4 is 11.1 Å².